The van der Waals surface area contributed by atoms with E-state index in [4.69, 9.17) is 16.1 Å². The number of benzene rings is 1. The predicted molar refractivity (Wildman–Crippen MR) is 49.9 cm³/mol. The first kappa shape index (κ1) is 9.72. The molecule has 0 spiro atoms. The molecule has 0 bridgehead atoms. The number of nitrogens with zero attached hydrogens (tertiary/aromatic N) is 1. The summed E-state index contributed by atoms with van der Waals surface area (Å²) in [6, 6.07) is 9.04. The van der Waals surface area contributed by atoms with E-state index in [1.807, 2.05) is 18.2 Å². The predicted octanol–water partition coefficient (Wildman–Crippen LogP) is 0.420. The van der Waals surface area contributed by atoms with Crippen LogP contribution in [-0.4, -0.2) is 17.8 Å². The molecule has 3 nitrogen and oxygen atoms in total. The molecule has 13 heavy (non-hydrogen) atoms. The van der Waals surface area contributed by atoms with Crippen molar-refractivity contribution < 1.29 is 5.11 Å². The Bertz CT molecular complexity index is 300. The van der Waals surface area contributed by atoms with Crippen LogP contribution in [0.25, 0.3) is 0 Å². The second kappa shape index (κ2) is 4.61. The number of aliphatic hydroxyl groups excluding tert-OH is 1. The summed E-state index contributed by atoms with van der Waals surface area (Å²) >= 11 is 0. The van der Waals surface area contributed by atoms with Crippen LogP contribution in [0.3, 0.4) is 0 Å². The number of hydrogen-bond acceptors (Lipinski definition) is 3. The molecule has 0 amide bonds. The van der Waals surface area contributed by atoms with Gasteiger partial charge in [-0.1, -0.05) is 12.1 Å². The molecular weight excluding hydrogens is 164 g/mol. The number of rotatable bonds is 3. The molecule has 1 rings (SSSR count). The third kappa shape index (κ3) is 2.86. The van der Waals surface area contributed by atoms with Crippen LogP contribution in [0.5, 0.6) is 0 Å². The molecule has 1 atom stereocenters. The van der Waals surface area contributed by atoms with Crippen LogP contribution < -0.4 is 5.73 Å². The monoisotopic (exact) mass is 176 g/mol. The van der Waals surface area contributed by atoms with E-state index in [1.54, 1.807) is 12.1 Å². The Morgan fingerprint density at radius 1 is 1.38 bits per heavy atom. The van der Waals surface area contributed by atoms with Gasteiger partial charge in [0.15, 0.2) is 0 Å². The van der Waals surface area contributed by atoms with E-state index in [0.29, 0.717) is 12.0 Å². The van der Waals surface area contributed by atoms with Crippen molar-refractivity contribution in [2.45, 2.75) is 12.5 Å². The van der Waals surface area contributed by atoms with Crippen molar-refractivity contribution >= 4 is 0 Å². The van der Waals surface area contributed by atoms with Gasteiger partial charge >= 0.3 is 0 Å². The second-order valence-corrected chi connectivity index (χ2v) is 2.96. The lowest BCUT2D eigenvalue weighted by atomic mass is 10.1. The first-order valence-corrected chi connectivity index (χ1v) is 4.11. The minimum atomic E-state index is -0.215. The molecule has 0 saturated heterocycles. The summed E-state index contributed by atoms with van der Waals surface area (Å²) in [7, 11) is 0. The fourth-order valence-corrected chi connectivity index (χ4v) is 1.08. The molecule has 0 aromatic heterocycles. The molecule has 0 saturated carbocycles. The Labute approximate surface area is 77.4 Å². The van der Waals surface area contributed by atoms with Gasteiger partial charge in [-0.2, -0.15) is 5.26 Å². The quantitative estimate of drug-likeness (QED) is 0.701. The van der Waals surface area contributed by atoms with Crippen LogP contribution in [-0.2, 0) is 6.42 Å². The molecule has 0 unspecified atom stereocenters. The average Bonchev–Trinajstić information content (AvgIpc) is 2.19. The molecule has 0 radical (unpaired) electrons. The van der Waals surface area contributed by atoms with E-state index in [-0.39, 0.29) is 12.6 Å². The Morgan fingerprint density at radius 2 is 2.00 bits per heavy atom. The Balaban J connectivity index is 2.65. The van der Waals surface area contributed by atoms with Gasteiger partial charge in [0.1, 0.15) is 0 Å². The van der Waals surface area contributed by atoms with Crippen LogP contribution in [0.2, 0.25) is 0 Å². The highest BCUT2D eigenvalue weighted by Crippen LogP contribution is 2.05. The summed E-state index contributed by atoms with van der Waals surface area (Å²) in [6.45, 7) is -0.0139. The zero-order valence-corrected chi connectivity index (χ0v) is 7.27. The lowest BCUT2D eigenvalue weighted by molar-refractivity contribution is 0.265. The Hall–Kier alpha value is -1.37. The van der Waals surface area contributed by atoms with Crippen molar-refractivity contribution in [1.82, 2.24) is 0 Å². The van der Waals surface area contributed by atoms with Gasteiger partial charge in [0.2, 0.25) is 0 Å². The smallest absolute Gasteiger partial charge is 0.0991 e. The summed E-state index contributed by atoms with van der Waals surface area (Å²) in [6.07, 6.45) is 0.641. The van der Waals surface area contributed by atoms with Crippen molar-refractivity contribution in [1.29, 1.82) is 5.26 Å². The van der Waals surface area contributed by atoms with Gasteiger partial charge in [0.05, 0.1) is 18.2 Å². The molecule has 0 aliphatic carbocycles. The lowest BCUT2D eigenvalue weighted by Gasteiger charge is -2.07. The van der Waals surface area contributed by atoms with Crippen molar-refractivity contribution in [2.24, 2.45) is 5.73 Å². The van der Waals surface area contributed by atoms with E-state index in [1.165, 1.54) is 0 Å². The van der Waals surface area contributed by atoms with Crippen LogP contribution in [0, 0.1) is 11.3 Å². The molecule has 0 aliphatic rings. The second-order valence-electron chi connectivity index (χ2n) is 2.96. The van der Waals surface area contributed by atoms with E-state index < -0.39 is 0 Å². The van der Waals surface area contributed by atoms with Gasteiger partial charge < -0.3 is 10.8 Å². The van der Waals surface area contributed by atoms with Gasteiger partial charge in [-0.25, -0.2) is 0 Å². The number of nitriles is 1. The van der Waals surface area contributed by atoms with E-state index in [2.05, 4.69) is 0 Å². The largest absolute Gasteiger partial charge is 0.395 e. The fraction of sp³-hybridized carbons (Fsp3) is 0.300. The Morgan fingerprint density at radius 3 is 2.46 bits per heavy atom. The van der Waals surface area contributed by atoms with Crippen molar-refractivity contribution in [2.75, 3.05) is 6.61 Å². The SMILES string of the molecule is N#Cc1ccc(C[C@@H](N)CO)cc1. The lowest BCUT2D eigenvalue weighted by Crippen LogP contribution is -2.26. The summed E-state index contributed by atoms with van der Waals surface area (Å²) in [5.41, 5.74) is 7.24. The molecule has 1 aromatic carbocycles. The highest BCUT2D eigenvalue weighted by molar-refractivity contribution is 5.31. The number of hydrogen-bond donors (Lipinski definition) is 2. The van der Waals surface area contributed by atoms with Crippen molar-refractivity contribution in [3.63, 3.8) is 0 Å². The fourth-order valence-electron chi connectivity index (χ4n) is 1.08. The van der Waals surface area contributed by atoms with Gasteiger partial charge in [0.25, 0.3) is 0 Å². The average molecular weight is 176 g/mol. The highest BCUT2D eigenvalue weighted by Gasteiger charge is 2.01. The van der Waals surface area contributed by atoms with Gasteiger partial charge in [-0.3, -0.25) is 0 Å². The summed E-state index contributed by atoms with van der Waals surface area (Å²) in [5, 5.41) is 17.3. The van der Waals surface area contributed by atoms with Gasteiger partial charge in [-0.05, 0) is 24.1 Å². The zero-order chi connectivity index (χ0) is 9.68. The third-order valence-electron chi connectivity index (χ3n) is 1.82. The van der Waals surface area contributed by atoms with Gasteiger partial charge in [0, 0.05) is 6.04 Å². The van der Waals surface area contributed by atoms with Crippen LogP contribution in [0.15, 0.2) is 24.3 Å². The topological polar surface area (TPSA) is 70.0 Å². The highest BCUT2D eigenvalue weighted by atomic mass is 16.3. The standard InChI is InChI=1S/C10H12N2O/c11-6-9-3-1-8(2-4-9)5-10(12)7-13/h1-4,10,13H,5,7,12H2/t10-/m1/s1. The summed E-state index contributed by atoms with van der Waals surface area (Å²) < 4.78 is 0. The third-order valence-corrected chi connectivity index (χ3v) is 1.82. The molecule has 3 N–H and O–H groups in total. The first-order valence-electron chi connectivity index (χ1n) is 4.11. The number of nitrogens with two attached hydrogens (primary N) is 1. The molecule has 68 valence electrons. The van der Waals surface area contributed by atoms with Gasteiger partial charge in [-0.15, -0.1) is 0 Å². The maximum atomic E-state index is 8.72. The van der Waals surface area contributed by atoms with Crippen molar-refractivity contribution in [3.8, 4) is 6.07 Å². The minimum absolute atomic E-state index is 0.0139. The van der Waals surface area contributed by atoms with Crippen LogP contribution >= 0.6 is 0 Å². The van der Waals surface area contributed by atoms with Crippen LogP contribution in [0.4, 0.5) is 0 Å². The maximum absolute atomic E-state index is 8.72. The molecule has 0 heterocycles. The molecule has 0 aliphatic heterocycles. The normalized spacial score (nSPS) is 12.1. The molecular formula is C10H12N2O. The maximum Gasteiger partial charge on any atom is 0.0991 e. The van der Waals surface area contributed by atoms with E-state index >= 15 is 0 Å². The molecule has 3 heteroatoms. The Kier molecular flexibility index (Phi) is 3.44. The molecule has 0 fully saturated rings. The zero-order valence-electron chi connectivity index (χ0n) is 7.27. The molecule has 1 aromatic rings. The number of aliphatic hydroxyl groups is 1. The van der Waals surface area contributed by atoms with E-state index in [0.717, 1.165) is 5.56 Å². The van der Waals surface area contributed by atoms with Crippen molar-refractivity contribution in [3.05, 3.63) is 35.4 Å². The van der Waals surface area contributed by atoms with E-state index in [9.17, 15) is 0 Å². The minimum Gasteiger partial charge on any atom is -0.395 e. The summed E-state index contributed by atoms with van der Waals surface area (Å²) in [4.78, 5) is 0. The summed E-state index contributed by atoms with van der Waals surface area (Å²) in [5.74, 6) is 0. The first-order chi connectivity index (χ1) is 6.26. The van der Waals surface area contributed by atoms with Crippen LogP contribution in [0.1, 0.15) is 11.1 Å².